The Bertz CT molecular complexity index is 946. The molecule has 2 fully saturated rings. The summed E-state index contributed by atoms with van der Waals surface area (Å²) in [5.41, 5.74) is -3.91. The summed E-state index contributed by atoms with van der Waals surface area (Å²) in [6, 6.07) is 6.04. The van der Waals surface area contributed by atoms with Gasteiger partial charge < -0.3 is 21.1 Å². The van der Waals surface area contributed by atoms with Gasteiger partial charge in [-0.1, -0.05) is 43.2 Å². The number of nitriles is 1. The number of amides is 3. The Hall–Kier alpha value is -3.13. The third-order valence-electron chi connectivity index (χ3n) is 6.21. The lowest BCUT2D eigenvalue weighted by molar-refractivity contribution is -0.267. The fraction of sp³-hybridized carbons (Fsp3) is 0.565. The molecule has 1 aliphatic heterocycles. The largest absolute Gasteiger partial charge is 0.421 e. The Morgan fingerprint density at radius 1 is 1.15 bits per heavy atom. The number of benzene rings is 1. The lowest BCUT2D eigenvalue weighted by Crippen LogP contribution is -2.52. The van der Waals surface area contributed by atoms with Gasteiger partial charge in [0.1, 0.15) is 12.1 Å². The summed E-state index contributed by atoms with van der Waals surface area (Å²) in [4.78, 5) is 37.2. The van der Waals surface area contributed by atoms with Crippen molar-refractivity contribution < 1.29 is 32.7 Å². The number of rotatable bonds is 10. The molecule has 4 atom stereocenters. The first-order valence-corrected chi connectivity index (χ1v) is 11.1. The number of hydrogen-bond acceptors (Lipinski definition) is 5. The third-order valence-corrected chi connectivity index (χ3v) is 6.21. The first-order chi connectivity index (χ1) is 16.0. The molecule has 1 aromatic rings. The molecule has 1 aliphatic carbocycles. The van der Waals surface area contributed by atoms with E-state index in [1.165, 1.54) is 18.2 Å². The monoisotopic (exact) mass is 480 g/mol. The van der Waals surface area contributed by atoms with E-state index in [0.29, 0.717) is 13.0 Å². The lowest BCUT2D eigenvalue weighted by Gasteiger charge is -2.31. The van der Waals surface area contributed by atoms with Crippen molar-refractivity contribution in [3.05, 3.63) is 35.9 Å². The summed E-state index contributed by atoms with van der Waals surface area (Å²) in [6.45, 7) is 0.486. The van der Waals surface area contributed by atoms with Crippen molar-refractivity contribution >= 4 is 17.7 Å². The molecule has 1 saturated carbocycles. The van der Waals surface area contributed by atoms with Crippen LogP contribution >= 0.6 is 0 Å². The zero-order valence-electron chi connectivity index (χ0n) is 18.4. The zero-order valence-corrected chi connectivity index (χ0v) is 18.4. The van der Waals surface area contributed by atoms with Crippen LogP contribution in [-0.2, 0) is 20.0 Å². The molecule has 1 aromatic carbocycles. The maximum atomic E-state index is 13.7. The molecule has 1 heterocycles. The van der Waals surface area contributed by atoms with E-state index < -0.39 is 53.6 Å². The summed E-state index contributed by atoms with van der Waals surface area (Å²) < 4.78 is 41.2. The van der Waals surface area contributed by atoms with Gasteiger partial charge in [-0.25, -0.2) is 0 Å². The van der Waals surface area contributed by atoms with E-state index in [2.05, 4.69) is 16.0 Å². The number of carbonyl (C=O) groups excluding carboxylic acids is 3. The van der Waals surface area contributed by atoms with Gasteiger partial charge >= 0.3 is 6.18 Å². The van der Waals surface area contributed by atoms with E-state index in [1.807, 2.05) is 6.07 Å². The number of aliphatic hydroxyl groups is 1. The Kier molecular flexibility index (Phi) is 7.82. The minimum Gasteiger partial charge on any atom is -0.376 e. The number of hydrogen-bond donors (Lipinski definition) is 4. The average molecular weight is 480 g/mol. The molecular weight excluding hydrogens is 453 g/mol. The van der Waals surface area contributed by atoms with E-state index in [4.69, 9.17) is 0 Å². The minimum atomic E-state index is -5.13. The lowest BCUT2D eigenvalue weighted by atomic mass is 9.89. The molecule has 3 rings (SSSR count). The third kappa shape index (κ3) is 6.26. The fourth-order valence-corrected chi connectivity index (χ4v) is 4.05. The van der Waals surface area contributed by atoms with Crippen molar-refractivity contribution in [2.24, 2.45) is 11.8 Å². The minimum absolute atomic E-state index is 0.0972. The van der Waals surface area contributed by atoms with Crippen molar-refractivity contribution in [1.29, 1.82) is 5.26 Å². The van der Waals surface area contributed by atoms with Crippen LogP contribution in [0.2, 0.25) is 0 Å². The van der Waals surface area contributed by atoms with Gasteiger partial charge in [-0.05, 0) is 30.7 Å². The fourth-order valence-electron chi connectivity index (χ4n) is 4.05. The highest BCUT2D eigenvalue weighted by molar-refractivity contribution is 5.88. The van der Waals surface area contributed by atoms with Crippen LogP contribution in [0, 0.1) is 23.2 Å². The van der Waals surface area contributed by atoms with E-state index in [0.717, 1.165) is 25.0 Å². The van der Waals surface area contributed by atoms with Crippen LogP contribution in [0.4, 0.5) is 13.2 Å². The van der Waals surface area contributed by atoms with E-state index in [-0.39, 0.29) is 24.7 Å². The van der Waals surface area contributed by atoms with Crippen LogP contribution in [0.1, 0.15) is 44.1 Å². The quantitative estimate of drug-likeness (QED) is 0.404. The second kappa shape index (κ2) is 10.4. The summed E-state index contributed by atoms with van der Waals surface area (Å²) in [7, 11) is 0. The SMILES string of the molecule is N#C[C@H](C[C@@H]1CCNC1=O)NC(=O)[C@H](CC1CC1)NC(=O)CC(O)(c1ccccc1)C(F)(F)F. The van der Waals surface area contributed by atoms with Crippen molar-refractivity contribution in [1.82, 2.24) is 16.0 Å². The zero-order chi connectivity index (χ0) is 24.9. The molecular formula is C23H27F3N4O4. The molecule has 0 aromatic heterocycles. The molecule has 0 spiro atoms. The van der Waals surface area contributed by atoms with E-state index in [9.17, 15) is 37.9 Å². The normalized spacial score (nSPS) is 21.5. The number of nitrogens with one attached hydrogen (secondary N) is 3. The van der Waals surface area contributed by atoms with Gasteiger partial charge in [-0.3, -0.25) is 14.4 Å². The molecule has 1 saturated heterocycles. The van der Waals surface area contributed by atoms with Crippen molar-refractivity contribution in [3.8, 4) is 6.07 Å². The number of nitrogens with zero attached hydrogens (tertiary/aromatic N) is 1. The molecule has 0 bridgehead atoms. The first kappa shape index (κ1) is 25.5. The molecule has 1 unspecified atom stereocenters. The van der Waals surface area contributed by atoms with Crippen molar-refractivity contribution in [2.75, 3.05) is 6.54 Å². The Morgan fingerprint density at radius 2 is 1.82 bits per heavy atom. The highest BCUT2D eigenvalue weighted by atomic mass is 19.4. The molecule has 11 heteroatoms. The van der Waals surface area contributed by atoms with Crippen molar-refractivity contribution in [3.63, 3.8) is 0 Å². The summed E-state index contributed by atoms with van der Waals surface area (Å²) in [6.07, 6.45) is -3.98. The molecule has 3 amide bonds. The van der Waals surface area contributed by atoms with E-state index in [1.54, 1.807) is 0 Å². The van der Waals surface area contributed by atoms with Gasteiger partial charge in [-0.2, -0.15) is 18.4 Å². The second-order valence-electron chi connectivity index (χ2n) is 8.90. The Balaban J connectivity index is 1.68. The van der Waals surface area contributed by atoms with Crippen molar-refractivity contribution in [2.45, 2.75) is 62.4 Å². The molecule has 0 radical (unpaired) electrons. The predicted octanol–water partition coefficient (Wildman–Crippen LogP) is 1.65. The smallest absolute Gasteiger partial charge is 0.376 e. The van der Waals surface area contributed by atoms with Gasteiger partial charge in [-0.15, -0.1) is 0 Å². The second-order valence-corrected chi connectivity index (χ2v) is 8.90. The van der Waals surface area contributed by atoms with Crippen LogP contribution in [0.15, 0.2) is 30.3 Å². The molecule has 34 heavy (non-hydrogen) atoms. The van der Waals surface area contributed by atoms with Crippen LogP contribution in [-0.4, -0.2) is 47.6 Å². The van der Waals surface area contributed by atoms with Crippen LogP contribution in [0.25, 0.3) is 0 Å². The van der Waals surface area contributed by atoms with Gasteiger partial charge in [0.2, 0.25) is 17.7 Å². The highest BCUT2D eigenvalue weighted by Crippen LogP contribution is 2.41. The standard InChI is InChI=1S/C23H27F3N4O4/c24-23(25,26)22(34,16-4-2-1-3-5-16)12-19(31)30-18(10-14-6-7-14)21(33)29-17(13-27)11-15-8-9-28-20(15)32/h1-5,14-15,17-18,34H,6-12H2,(H,28,32)(H,29,33)(H,30,31)/t15-,17-,18-,22?/m0/s1. The number of alkyl halides is 3. The molecule has 4 N–H and O–H groups in total. The Labute approximate surface area is 194 Å². The van der Waals surface area contributed by atoms with Crippen LogP contribution in [0.5, 0.6) is 0 Å². The average Bonchev–Trinajstić information content (AvgIpc) is 3.52. The number of carbonyl (C=O) groups is 3. The summed E-state index contributed by atoms with van der Waals surface area (Å²) >= 11 is 0. The highest BCUT2D eigenvalue weighted by Gasteiger charge is 2.56. The van der Waals surface area contributed by atoms with Gasteiger partial charge in [0.25, 0.3) is 0 Å². The van der Waals surface area contributed by atoms with Crippen LogP contribution in [0.3, 0.4) is 0 Å². The topological polar surface area (TPSA) is 131 Å². The predicted molar refractivity (Wildman–Crippen MR) is 114 cm³/mol. The van der Waals surface area contributed by atoms with Crippen LogP contribution < -0.4 is 16.0 Å². The maximum absolute atomic E-state index is 13.7. The molecule has 2 aliphatic rings. The van der Waals surface area contributed by atoms with Gasteiger partial charge in [0.05, 0.1) is 12.5 Å². The molecule has 184 valence electrons. The Morgan fingerprint density at radius 3 is 2.35 bits per heavy atom. The van der Waals surface area contributed by atoms with E-state index >= 15 is 0 Å². The molecule has 8 nitrogen and oxygen atoms in total. The summed E-state index contributed by atoms with van der Waals surface area (Å²) in [5, 5.41) is 27.3. The number of halogens is 3. The van der Waals surface area contributed by atoms with Gasteiger partial charge in [0, 0.05) is 12.5 Å². The van der Waals surface area contributed by atoms with Gasteiger partial charge in [0.15, 0.2) is 5.60 Å². The summed E-state index contributed by atoms with van der Waals surface area (Å²) in [5.74, 6) is -2.35. The maximum Gasteiger partial charge on any atom is 0.421 e. The first-order valence-electron chi connectivity index (χ1n) is 11.1.